The summed E-state index contributed by atoms with van der Waals surface area (Å²) in [6.07, 6.45) is 2.34. The molecule has 1 N–H and O–H groups in total. The molecule has 4 rings (SSSR count). The highest BCUT2D eigenvalue weighted by molar-refractivity contribution is 6.30. The number of nitrogens with one attached hydrogen (secondary N) is 1. The molecule has 1 fully saturated rings. The maximum absolute atomic E-state index is 6.31. The minimum Gasteiger partial charge on any atom is -0.496 e. The molecule has 0 radical (unpaired) electrons. The van der Waals surface area contributed by atoms with Crippen molar-refractivity contribution in [2.24, 2.45) is 5.92 Å². The predicted octanol–water partition coefficient (Wildman–Crippen LogP) is 5.60. The largest absolute Gasteiger partial charge is 0.496 e. The van der Waals surface area contributed by atoms with Crippen molar-refractivity contribution < 1.29 is 9.47 Å². The third-order valence-electron chi connectivity index (χ3n) is 5.44. The van der Waals surface area contributed by atoms with Gasteiger partial charge in [0.15, 0.2) is 0 Å². The standard InChI is InChI=1S/C21H24ClNO2/c1-12-9-13(2)19-17(10-12)21-15(5-4-8-25-21)20(23-19)16-11-14(22)6-7-18(16)24-3/h6-7,9-11,15,20-21,23H,4-5,8H2,1-3H3/t15-,20-,21-/m0/s1. The number of fused-ring (bicyclic) bond motifs is 3. The second kappa shape index (κ2) is 6.54. The van der Waals surface area contributed by atoms with Gasteiger partial charge >= 0.3 is 0 Å². The van der Waals surface area contributed by atoms with Crippen LogP contribution in [-0.4, -0.2) is 13.7 Å². The van der Waals surface area contributed by atoms with E-state index in [4.69, 9.17) is 21.1 Å². The van der Waals surface area contributed by atoms with E-state index in [0.717, 1.165) is 35.8 Å². The number of hydrogen-bond acceptors (Lipinski definition) is 3. The number of benzene rings is 2. The maximum atomic E-state index is 6.31. The lowest BCUT2D eigenvalue weighted by Crippen LogP contribution is -2.36. The molecule has 4 heteroatoms. The number of aryl methyl sites for hydroxylation is 2. The Morgan fingerprint density at radius 3 is 2.80 bits per heavy atom. The third kappa shape index (κ3) is 2.90. The SMILES string of the molecule is COc1ccc(Cl)cc1[C@H]1Nc2c(C)cc(C)cc2[C@H]2OCCC[C@@H]12. The highest BCUT2D eigenvalue weighted by atomic mass is 35.5. The highest BCUT2D eigenvalue weighted by Crippen LogP contribution is 2.51. The summed E-state index contributed by atoms with van der Waals surface area (Å²) in [4.78, 5) is 0. The average molecular weight is 358 g/mol. The first-order valence-electron chi connectivity index (χ1n) is 8.91. The van der Waals surface area contributed by atoms with Crippen LogP contribution in [0.4, 0.5) is 5.69 Å². The molecule has 0 saturated carbocycles. The quantitative estimate of drug-likeness (QED) is 0.758. The molecular weight excluding hydrogens is 334 g/mol. The lowest BCUT2D eigenvalue weighted by molar-refractivity contribution is -0.0383. The molecule has 2 aliphatic rings. The van der Waals surface area contributed by atoms with E-state index in [9.17, 15) is 0 Å². The van der Waals surface area contributed by atoms with Gasteiger partial charge in [-0.2, -0.15) is 0 Å². The summed E-state index contributed by atoms with van der Waals surface area (Å²) in [7, 11) is 1.72. The van der Waals surface area contributed by atoms with Gasteiger partial charge in [0, 0.05) is 34.4 Å². The van der Waals surface area contributed by atoms with Crippen LogP contribution < -0.4 is 10.1 Å². The monoisotopic (exact) mass is 357 g/mol. The van der Waals surface area contributed by atoms with Crippen LogP contribution >= 0.6 is 11.6 Å². The fourth-order valence-corrected chi connectivity index (χ4v) is 4.59. The van der Waals surface area contributed by atoms with Crippen LogP contribution in [0, 0.1) is 19.8 Å². The van der Waals surface area contributed by atoms with Crippen LogP contribution in [0.2, 0.25) is 5.02 Å². The second-order valence-electron chi connectivity index (χ2n) is 7.15. The zero-order valence-electron chi connectivity index (χ0n) is 14.9. The van der Waals surface area contributed by atoms with E-state index in [-0.39, 0.29) is 12.1 Å². The van der Waals surface area contributed by atoms with E-state index in [1.807, 2.05) is 18.2 Å². The first-order valence-corrected chi connectivity index (χ1v) is 9.29. The zero-order valence-corrected chi connectivity index (χ0v) is 15.7. The fraction of sp³-hybridized carbons (Fsp3) is 0.429. The van der Waals surface area contributed by atoms with Gasteiger partial charge in [-0.15, -0.1) is 0 Å². The van der Waals surface area contributed by atoms with Crippen molar-refractivity contribution in [3.63, 3.8) is 0 Å². The summed E-state index contributed by atoms with van der Waals surface area (Å²) in [6, 6.07) is 10.5. The third-order valence-corrected chi connectivity index (χ3v) is 5.67. The Morgan fingerprint density at radius 1 is 1.16 bits per heavy atom. The molecule has 3 nitrogen and oxygen atoms in total. The normalized spacial score (nSPS) is 24.9. The Labute approximate surface area is 154 Å². The van der Waals surface area contributed by atoms with Gasteiger partial charge in [0.05, 0.1) is 19.3 Å². The van der Waals surface area contributed by atoms with Gasteiger partial charge in [0.1, 0.15) is 5.75 Å². The van der Waals surface area contributed by atoms with Crippen LogP contribution in [0.25, 0.3) is 0 Å². The smallest absolute Gasteiger partial charge is 0.124 e. The van der Waals surface area contributed by atoms with Gasteiger partial charge < -0.3 is 14.8 Å². The second-order valence-corrected chi connectivity index (χ2v) is 7.59. The molecule has 3 atom stereocenters. The summed E-state index contributed by atoms with van der Waals surface area (Å²) in [5.41, 5.74) is 6.14. The predicted molar refractivity (Wildman–Crippen MR) is 102 cm³/mol. The Kier molecular flexibility index (Phi) is 4.38. The average Bonchev–Trinajstić information content (AvgIpc) is 2.61. The molecule has 25 heavy (non-hydrogen) atoms. The Hall–Kier alpha value is -1.71. The molecular formula is C21H24ClNO2. The van der Waals surface area contributed by atoms with Gasteiger partial charge in [-0.25, -0.2) is 0 Å². The van der Waals surface area contributed by atoms with Crippen molar-refractivity contribution in [1.29, 1.82) is 0 Å². The number of methoxy groups -OCH3 is 1. The van der Waals surface area contributed by atoms with Gasteiger partial charge in [0.2, 0.25) is 0 Å². The van der Waals surface area contributed by atoms with E-state index in [1.165, 1.54) is 22.4 Å². The number of rotatable bonds is 2. The Bertz CT molecular complexity index is 805. The van der Waals surface area contributed by atoms with Gasteiger partial charge in [0.25, 0.3) is 0 Å². The summed E-state index contributed by atoms with van der Waals surface area (Å²) in [5, 5.41) is 4.52. The molecule has 0 aliphatic carbocycles. The van der Waals surface area contributed by atoms with Gasteiger partial charge in [-0.3, -0.25) is 0 Å². The molecule has 0 amide bonds. The molecule has 0 unspecified atom stereocenters. The van der Waals surface area contributed by atoms with Crippen LogP contribution in [0.5, 0.6) is 5.75 Å². The molecule has 2 aromatic rings. The Morgan fingerprint density at radius 2 is 2.00 bits per heavy atom. The maximum Gasteiger partial charge on any atom is 0.124 e. The van der Waals surface area contributed by atoms with Crippen LogP contribution in [0.3, 0.4) is 0 Å². The summed E-state index contributed by atoms with van der Waals surface area (Å²) in [6.45, 7) is 5.14. The summed E-state index contributed by atoms with van der Waals surface area (Å²) in [5.74, 6) is 1.24. The highest BCUT2D eigenvalue weighted by Gasteiger charge is 2.41. The lowest BCUT2D eigenvalue weighted by Gasteiger charge is -2.44. The van der Waals surface area contributed by atoms with Crippen molar-refractivity contribution in [1.82, 2.24) is 0 Å². The Balaban J connectivity index is 1.85. The van der Waals surface area contributed by atoms with Gasteiger partial charge in [-0.05, 0) is 50.5 Å². The molecule has 2 aromatic carbocycles. The molecule has 2 heterocycles. The summed E-state index contributed by atoms with van der Waals surface area (Å²) >= 11 is 6.31. The van der Waals surface area contributed by atoms with Gasteiger partial charge in [-0.1, -0.05) is 29.3 Å². The molecule has 2 aliphatic heterocycles. The van der Waals surface area contributed by atoms with E-state index >= 15 is 0 Å². The van der Waals surface area contributed by atoms with E-state index < -0.39 is 0 Å². The minimum atomic E-state index is 0.122. The number of ether oxygens (including phenoxy) is 2. The van der Waals surface area contributed by atoms with Crippen molar-refractivity contribution in [2.75, 3.05) is 19.0 Å². The van der Waals surface area contributed by atoms with Crippen LogP contribution in [0.15, 0.2) is 30.3 Å². The number of hydrogen-bond donors (Lipinski definition) is 1. The first-order chi connectivity index (χ1) is 12.1. The van der Waals surface area contributed by atoms with E-state index in [2.05, 4.69) is 31.3 Å². The van der Waals surface area contributed by atoms with Crippen molar-refractivity contribution in [3.8, 4) is 5.75 Å². The minimum absolute atomic E-state index is 0.122. The fourth-order valence-electron chi connectivity index (χ4n) is 4.41. The molecule has 132 valence electrons. The lowest BCUT2D eigenvalue weighted by atomic mass is 9.76. The first kappa shape index (κ1) is 16.7. The van der Waals surface area contributed by atoms with E-state index in [0.29, 0.717) is 5.92 Å². The van der Waals surface area contributed by atoms with Crippen molar-refractivity contribution >= 4 is 17.3 Å². The summed E-state index contributed by atoms with van der Waals surface area (Å²) < 4.78 is 11.9. The van der Waals surface area contributed by atoms with Crippen molar-refractivity contribution in [2.45, 2.75) is 38.8 Å². The van der Waals surface area contributed by atoms with Crippen molar-refractivity contribution in [3.05, 3.63) is 57.6 Å². The number of anilines is 1. The van der Waals surface area contributed by atoms with Crippen LogP contribution in [-0.2, 0) is 4.74 Å². The van der Waals surface area contributed by atoms with Crippen LogP contribution in [0.1, 0.15) is 47.2 Å². The van der Waals surface area contributed by atoms with E-state index in [1.54, 1.807) is 7.11 Å². The zero-order chi connectivity index (χ0) is 17.6. The topological polar surface area (TPSA) is 30.5 Å². The molecule has 0 spiro atoms. The molecule has 0 bridgehead atoms. The molecule has 0 aromatic heterocycles. The molecule has 1 saturated heterocycles. The number of halogens is 1.